The molecule has 2 N–H and O–H groups in total. The SMILES string of the molecule is C=C(Cl)CNC1CCCNC1=O. The van der Waals surface area contributed by atoms with Gasteiger partial charge in [-0.25, -0.2) is 0 Å². The molecule has 0 radical (unpaired) electrons. The predicted octanol–water partition coefficient (Wildman–Crippen LogP) is 0.607. The third-order valence-corrected chi connectivity index (χ3v) is 1.96. The van der Waals surface area contributed by atoms with Crippen LogP contribution in [0, 0.1) is 0 Å². The quantitative estimate of drug-likeness (QED) is 0.682. The Morgan fingerprint density at radius 2 is 2.58 bits per heavy atom. The predicted molar refractivity (Wildman–Crippen MR) is 49.0 cm³/mol. The molecule has 0 aromatic heterocycles. The van der Waals surface area contributed by atoms with Gasteiger partial charge in [0, 0.05) is 18.1 Å². The van der Waals surface area contributed by atoms with Gasteiger partial charge in [0.25, 0.3) is 0 Å². The number of hydrogen-bond donors (Lipinski definition) is 2. The van der Waals surface area contributed by atoms with Gasteiger partial charge in [-0.05, 0) is 12.8 Å². The van der Waals surface area contributed by atoms with Crippen LogP contribution in [0.5, 0.6) is 0 Å². The first-order valence-corrected chi connectivity index (χ1v) is 4.42. The lowest BCUT2D eigenvalue weighted by Gasteiger charge is -2.22. The van der Waals surface area contributed by atoms with Crippen molar-refractivity contribution >= 4 is 17.5 Å². The van der Waals surface area contributed by atoms with Crippen LogP contribution < -0.4 is 10.6 Å². The molecule has 0 aromatic carbocycles. The van der Waals surface area contributed by atoms with Crippen LogP contribution >= 0.6 is 11.6 Å². The summed E-state index contributed by atoms with van der Waals surface area (Å²) in [7, 11) is 0. The van der Waals surface area contributed by atoms with Crippen LogP contribution in [0.3, 0.4) is 0 Å². The Hall–Kier alpha value is -0.540. The second kappa shape index (κ2) is 4.48. The molecule has 1 fully saturated rings. The Balaban J connectivity index is 2.29. The number of piperidine rings is 1. The van der Waals surface area contributed by atoms with Gasteiger partial charge in [-0.15, -0.1) is 0 Å². The maximum absolute atomic E-state index is 11.2. The van der Waals surface area contributed by atoms with E-state index in [1.165, 1.54) is 0 Å². The fourth-order valence-electron chi connectivity index (χ4n) is 1.20. The first kappa shape index (κ1) is 9.55. The molecule has 0 bridgehead atoms. The second-order valence-electron chi connectivity index (χ2n) is 2.88. The molecule has 4 heteroatoms. The fourth-order valence-corrected chi connectivity index (χ4v) is 1.28. The number of halogens is 1. The molecule has 0 aromatic rings. The highest BCUT2D eigenvalue weighted by Crippen LogP contribution is 2.03. The summed E-state index contributed by atoms with van der Waals surface area (Å²) in [5, 5.41) is 6.34. The zero-order valence-electron chi connectivity index (χ0n) is 6.90. The maximum Gasteiger partial charge on any atom is 0.237 e. The van der Waals surface area contributed by atoms with Crippen molar-refractivity contribution in [2.45, 2.75) is 18.9 Å². The van der Waals surface area contributed by atoms with Crippen molar-refractivity contribution in [2.75, 3.05) is 13.1 Å². The molecule has 1 saturated heterocycles. The van der Waals surface area contributed by atoms with Crippen molar-refractivity contribution in [3.63, 3.8) is 0 Å². The third-order valence-electron chi connectivity index (χ3n) is 1.83. The van der Waals surface area contributed by atoms with Crippen LogP contribution in [0.4, 0.5) is 0 Å². The fraction of sp³-hybridized carbons (Fsp3) is 0.625. The Morgan fingerprint density at radius 1 is 1.83 bits per heavy atom. The first-order chi connectivity index (χ1) is 5.70. The molecule has 12 heavy (non-hydrogen) atoms. The van der Waals surface area contributed by atoms with Crippen LogP contribution in [-0.2, 0) is 4.79 Å². The zero-order chi connectivity index (χ0) is 8.97. The number of rotatable bonds is 3. The number of nitrogens with one attached hydrogen (secondary N) is 2. The molecule has 0 aliphatic carbocycles. The van der Waals surface area contributed by atoms with E-state index in [4.69, 9.17) is 11.6 Å². The van der Waals surface area contributed by atoms with Crippen LogP contribution in [0.1, 0.15) is 12.8 Å². The van der Waals surface area contributed by atoms with Gasteiger partial charge in [0.2, 0.25) is 5.91 Å². The monoisotopic (exact) mass is 188 g/mol. The highest BCUT2D eigenvalue weighted by molar-refractivity contribution is 6.29. The molecule has 3 nitrogen and oxygen atoms in total. The zero-order valence-corrected chi connectivity index (χ0v) is 7.66. The molecule has 1 amide bonds. The highest BCUT2D eigenvalue weighted by atomic mass is 35.5. The van der Waals surface area contributed by atoms with Crippen LogP contribution in [0.25, 0.3) is 0 Å². The lowest BCUT2D eigenvalue weighted by Crippen LogP contribution is -2.48. The Kier molecular flexibility index (Phi) is 3.56. The van der Waals surface area contributed by atoms with E-state index < -0.39 is 0 Å². The van der Waals surface area contributed by atoms with Gasteiger partial charge < -0.3 is 10.6 Å². The third kappa shape index (κ3) is 2.83. The van der Waals surface area contributed by atoms with E-state index in [1.807, 2.05) is 0 Å². The van der Waals surface area contributed by atoms with Crippen molar-refractivity contribution < 1.29 is 4.79 Å². The second-order valence-corrected chi connectivity index (χ2v) is 3.42. The van der Waals surface area contributed by atoms with Gasteiger partial charge in [0.15, 0.2) is 0 Å². The summed E-state index contributed by atoms with van der Waals surface area (Å²) in [4.78, 5) is 11.2. The topological polar surface area (TPSA) is 41.1 Å². The van der Waals surface area contributed by atoms with E-state index in [1.54, 1.807) is 0 Å². The minimum absolute atomic E-state index is 0.0687. The summed E-state index contributed by atoms with van der Waals surface area (Å²) in [6.07, 6.45) is 1.91. The van der Waals surface area contributed by atoms with Crippen molar-refractivity contribution in [1.29, 1.82) is 0 Å². The minimum Gasteiger partial charge on any atom is -0.355 e. The summed E-state index contributed by atoms with van der Waals surface area (Å²) in [6.45, 7) is 4.83. The first-order valence-electron chi connectivity index (χ1n) is 4.04. The lowest BCUT2D eigenvalue weighted by atomic mass is 10.1. The maximum atomic E-state index is 11.2. The summed E-state index contributed by atoms with van der Waals surface area (Å²) < 4.78 is 0. The van der Waals surface area contributed by atoms with Gasteiger partial charge in [0.1, 0.15) is 0 Å². The summed E-state index contributed by atoms with van der Waals surface area (Å²) in [5.41, 5.74) is 0. The molecular formula is C8H13ClN2O. The van der Waals surface area contributed by atoms with Gasteiger partial charge in [-0.2, -0.15) is 0 Å². The highest BCUT2D eigenvalue weighted by Gasteiger charge is 2.20. The minimum atomic E-state index is -0.0887. The number of amides is 1. The molecule has 1 aliphatic rings. The molecule has 0 saturated carbocycles. The lowest BCUT2D eigenvalue weighted by molar-refractivity contribution is -0.124. The molecular weight excluding hydrogens is 176 g/mol. The molecule has 1 unspecified atom stereocenters. The van der Waals surface area contributed by atoms with E-state index in [9.17, 15) is 4.79 Å². The molecule has 1 atom stereocenters. The molecule has 0 spiro atoms. The van der Waals surface area contributed by atoms with Gasteiger partial charge in [0.05, 0.1) is 6.04 Å². The van der Waals surface area contributed by atoms with E-state index in [2.05, 4.69) is 17.2 Å². The number of hydrogen-bond acceptors (Lipinski definition) is 2. The summed E-state index contributed by atoms with van der Waals surface area (Å²) in [6, 6.07) is -0.0887. The Labute approximate surface area is 77.2 Å². The van der Waals surface area contributed by atoms with E-state index >= 15 is 0 Å². The average molecular weight is 189 g/mol. The van der Waals surface area contributed by atoms with Gasteiger partial charge in [-0.1, -0.05) is 18.2 Å². The molecule has 1 heterocycles. The van der Waals surface area contributed by atoms with Crippen LogP contribution in [-0.4, -0.2) is 25.0 Å². The van der Waals surface area contributed by atoms with E-state index in [0.717, 1.165) is 19.4 Å². The van der Waals surface area contributed by atoms with Crippen molar-refractivity contribution in [3.05, 3.63) is 11.6 Å². The van der Waals surface area contributed by atoms with Crippen LogP contribution in [0.15, 0.2) is 11.6 Å². The number of carbonyl (C=O) groups excluding carboxylic acids is 1. The number of carbonyl (C=O) groups is 1. The smallest absolute Gasteiger partial charge is 0.237 e. The summed E-state index contributed by atoms with van der Waals surface area (Å²) in [5.74, 6) is 0.0687. The summed E-state index contributed by atoms with van der Waals surface area (Å²) >= 11 is 5.56. The Morgan fingerprint density at radius 3 is 3.17 bits per heavy atom. The molecule has 1 aliphatic heterocycles. The van der Waals surface area contributed by atoms with Crippen molar-refractivity contribution in [3.8, 4) is 0 Å². The largest absolute Gasteiger partial charge is 0.355 e. The van der Waals surface area contributed by atoms with E-state index in [0.29, 0.717) is 11.6 Å². The Bertz CT molecular complexity index is 193. The normalized spacial score (nSPS) is 23.4. The standard InChI is InChI=1S/C8H13ClN2O/c1-6(9)5-11-7-3-2-4-10-8(7)12/h7,11H,1-5H2,(H,10,12). The van der Waals surface area contributed by atoms with E-state index in [-0.39, 0.29) is 11.9 Å². The van der Waals surface area contributed by atoms with Gasteiger partial charge >= 0.3 is 0 Å². The molecule has 68 valence electrons. The van der Waals surface area contributed by atoms with Gasteiger partial charge in [-0.3, -0.25) is 4.79 Å². The van der Waals surface area contributed by atoms with Crippen molar-refractivity contribution in [2.24, 2.45) is 0 Å². The van der Waals surface area contributed by atoms with Crippen LogP contribution in [0.2, 0.25) is 0 Å². The van der Waals surface area contributed by atoms with Crippen molar-refractivity contribution in [1.82, 2.24) is 10.6 Å². The molecule has 1 rings (SSSR count). The average Bonchev–Trinajstić information content (AvgIpc) is 2.03.